The van der Waals surface area contributed by atoms with Crippen molar-refractivity contribution in [2.75, 3.05) is 11.9 Å². The predicted molar refractivity (Wildman–Crippen MR) is 99.6 cm³/mol. The van der Waals surface area contributed by atoms with E-state index in [0.29, 0.717) is 43.4 Å². The van der Waals surface area contributed by atoms with Crippen molar-refractivity contribution in [3.8, 4) is 0 Å². The zero-order valence-corrected chi connectivity index (χ0v) is 16.8. The summed E-state index contributed by atoms with van der Waals surface area (Å²) in [6, 6.07) is 2.49. The number of aryl methyl sites for hydroxylation is 1. The summed E-state index contributed by atoms with van der Waals surface area (Å²) in [6.07, 6.45) is -6.54. The third-order valence-electron chi connectivity index (χ3n) is 5.45. The van der Waals surface area contributed by atoms with Gasteiger partial charge in [0.2, 0.25) is 0 Å². The van der Waals surface area contributed by atoms with Crippen LogP contribution >= 0.6 is 0 Å². The van der Waals surface area contributed by atoms with E-state index < -0.39 is 23.7 Å². The maximum absolute atomic E-state index is 13.1. The van der Waals surface area contributed by atoms with Crippen molar-refractivity contribution >= 4 is 11.6 Å². The lowest BCUT2D eigenvalue weighted by Gasteiger charge is -2.36. The van der Waals surface area contributed by atoms with Crippen molar-refractivity contribution in [2.24, 2.45) is 0 Å². The van der Waals surface area contributed by atoms with Crippen LogP contribution in [0, 0.1) is 6.92 Å². The molecule has 0 aliphatic heterocycles. The van der Waals surface area contributed by atoms with Crippen LogP contribution in [0.15, 0.2) is 28.9 Å². The minimum absolute atomic E-state index is 0.157. The van der Waals surface area contributed by atoms with Gasteiger partial charge in [0.25, 0.3) is 5.91 Å². The highest BCUT2D eigenvalue weighted by Gasteiger charge is 2.39. The van der Waals surface area contributed by atoms with Crippen molar-refractivity contribution in [3.63, 3.8) is 0 Å². The van der Waals surface area contributed by atoms with Crippen LogP contribution in [0.4, 0.5) is 32.0 Å². The molecule has 1 aliphatic carbocycles. The van der Waals surface area contributed by atoms with Crippen LogP contribution in [-0.4, -0.2) is 30.0 Å². The number of amides is 1. The van der Waals surface area contributed by atoms with Gasteiger partial charge in [0, 0.05) is 30.4 Å². The Balaban J connectivity index is 1.69. The van der Waals surface area contributed by atoms with Crippen LogP contribution in [0.2, 0.25) is 0 Å². The van der Waals surface area contributed by atoms with E-state index in [1.54, 1.807) is 13.0 Å². The molecule has 1 N–H and O–H groups in total. The topological polar surface area (TPSA) is 58.4 Å². The number of anilines is 1. The third kappa shape index (κ3) is 5.31. The maximum atomic E-state index is 13.1. The normalized spacial score (nSPS) is 19.9. The van der Waals surface area contributed by atoms with E-state index in [9.17, 15) is 31.1 Å². The maximum Gasteiger partial charge on any atom is 0.433 e. The van der Waals surface area contributed by atoms with Crippen LogP contribution in [0.3, 0.4) is 0 Å². The highest BCUT2D eigenvalue weighted by molar-refractivity contribution is 5.92. The van der Waals surface area contributed by atoms with E-state index in [1.165, 1.54) is 18.2 Å². The largest absolute Gasteiger partial charge is 0.459 e. The molecule has 0 aromatic carbocycles. The van der Waals surface area contributed by atoms with Gasteiger partial charge in [0.05, 0.1) is 6.26 Å². The second-order valence-corrected chi connectivity index (χ2v) is 7.61. The molecule has 1 fully saturated rings. The van der Waals surface area contributed by atoms with E-state index in [1.807, 2.05) is 0 Å². The zero-order chi connectivity index (χ0) is 23.0. The van der Waals surface area contributed by atoms with Crippen LogP contribution in [0.1, 0.15) is 53.2 Å². The summed E-state index contributed by atoms with van der Waals surface area (Å²) in [6.45, 7) is 1.74. The van der Waals surface area contributed by atoms with Crippen LogP contribution in [0.25, 0.3) is 0 Å². The summed E-state index contributed by atoms with van der Waals surface area (Å²) in [7, 11) is 1.46. The molecule has 1 amide bonds. The van der Waals surface area contributed by atoms with Gasteiger partial charge in [-0.3, -0.25) is 4.79 Å². The number of rotatable bonds is 4. The van der Waals surface area contributed by atoms with Crippen molar-refractivity contribution < 1.29 is 35.6 Å². The zero-order valence-electron chi connectivity index (χ0n) is 16.8. The molecule has 0 unspecified atom stereocenters. The summed E-state index contributed by atoms with van der Waals surface area (Å²) in [4.78, 5) is 16.4. The SMILES string of the molecule is Cc1ccoc1C(=O)NC1CCC(N(C)c2cc(C(F)(F)F)nc(C(F)(F)F)c2)CC1. The van der Waals surface area contributed by atoms with E-state index >= 15 is 0 Å². The van der Waals surface area contributed by atoms with E-state index in [-0.39, 0.29) is 29.4 Å². The fraction of sp³-hybridized carbons (Fsp3) is 0.500. The highest BCUT2D eigenvalue weighted by Crippen LogP contribution is 2.37. The average molecular weight is 449 g/mol. The minimum atomic E-state index is -5.00. The summed E-state index contributed by atoms with van der Waals surface area (Å²) in [5.74, 6) is -0.131. The lowest BCUT2D eigenvalue weighted by molar-refractivity contribution is -0.150. The fourth-order valence-corrected chi connectivity index (χ4v) is 3.68. The number of halogens is 6. The van der Waals surface area contributed by atoms with Crippen molar-refractivity contribution in [2.45, 2.75) is 57.0 Å². The number of pyridine rings is 1. The molecule has 0 bridgehead atoms. The van der Waals surface area contributed by atoms with Gasteiger partial charge in [0.1, 0.15) is 11.4 Å². The number of alkyl halides is 6. The Bertz CT molecular complexity index is 897. The number of carbonyl (C=O) groups is 1. The Morgan fingerprint density at radius 1 is 1.06 bits per heavy atom. The summed E-state index contributed by atoms with van der Waals surface area (Å²) >= 11 is 0. The average Bonchev–Trinajstić information content (AvgIpc) is 3.12. The molecule has 170 valence electrons. The molecule has 0 atom stereocenters. The standard InChI is InChI=1S/C20H21F6N3O2/c1-11-7-8-31-17(11)18(30)27-12-3-5-13(6-4-12)29(2)14-9-15(19(21,22)23)28-16(10-14)20(24,25)26/h7-10,12-13H,3-6H2,1-2H3,(H,27,30). The predicted octanol–water partition coefficient (Wildman–Crippen LogP) is 5.20. The first kappa shape index (κ1) is 23.0. The van der Waals surface area contributed by atoms with Crippen molar-refractivity contribution in [1.29, 1.82) is 0 Å². The highest BCUT2D eigenvalue weighted by atomic mass is 19.4. The van der Waals surface area contributed by atoms with Crippen LogP contribution in [0.5, 0.6) is 0 Å². The molecular weight excluding hydrogens is 428 g/mol. The van der Waals surface area contributed by atoms with Gasteiger partial charge < -0.3 is 14.6 Å². The number of furan rings is 1. The molecule has 2 aromatic rings. The number of nitrogens with zero attached hydrogens (tertiary/aromatic N) is 2. The van der Waals surface area contributed by atoms with Gasteiger partial charge in [-0.05, 0) is 50.8 Å². The van der Waals surface area contributed by atoms with Gasteiger partial charge in [0.15, 0.2) is 5.76 Å². The lowest BCUT2D eigenvalue weighted by atomic mass is 9.90. The van der Waals surface area contributed by atoms with E-state index in [0.717, 1.165) is 0 Å². The minimum Gasteiger partial charge on any atom is -0.459 e. The first-order valence-corrected chi connectivity index (χ1v) is 9.60. The molecule has 31 heavy (non-hydrogen) atoms. The summed E-state index contributed by atoms with van der Waals surface area (Å²) in [5, 5.41) is 2.86. The first-order chi connectivity index (χ1) is 14.4. The molecule has 1 aliphatic rings. The third-order valence-corrected chi connectivity index (χ3v) is 5.45. The van der Waals surface area contributed by atoms with Gasteiger partial charge in [-0.25, -0.2) is 4.98 Å². The summed E-state index contributed by atoms with van der Waals surface area (Å²) < 4.78 is 83.5. The molecule has 5 nitrogen and oxygen atoms in total. The second-order valence-electron chi connectivity index (χ2n) is 7.61. The molecule has 0 saturated heterocycles. The Morgan fingerprint density at radius 3 is 2.06 bits per heavy atom. The fourth-order valence-electron chi connectivity index (χ4n) is 3.68. The molecule has 3 rings (SSSR count). The molecule has 1 saturated carbocycles. The van der Waals surface area contributed by atoms with Gasteiger partial charge >= 0.3 is 12.4 Å². The Morgan fingerprint density at radius 2 is 1.61 bits per heavy atom. The van der Waals surface area contributed by atoms with E-state index in [4.69, 9.17) is 4.42 Å². The number of aromatic nitrogens is 1. The van der Waals surface area contributed by atoms with Gasteiger partial charge in [-0.1, -0.05) is 0 Å². The quantitative estimate of drug-likeness (QED) is 0.652. The second kappa shape index (κ2) is 8.43. The first-order valence-electron chi connectivity index (χ1n) is 9.60. The number of nitrogens with one attached hydrogen (secondary N) is 1. The van der Waals surface area contributed by atoms with Crippen molar-refractivity contribution in [3.05, 3.63) is 47.2 Å². The van der Waals surface area contributed by atoms with Gasteiger partial charge in [-0.2, -0.15) is 26.3 Å². The monoisotopic (exact) mass is 449 g/mol. The van der Waals surface area contributed by atoms with Crippen molar-refractivity contribution in [1.82, 2.24) is 10.3 Å². The van der Waals surface area contributed by atoms with Crippen LogP contribution in [-0.2, 0) is 12.4 Å². The molecule has 0 radical (unpaired) electrons. The Kier molecular flexibility index (Phi) is 6.24. The smallest absolute Gasteiger partial charge is 0.433 e. The molecular formula is C20H21F6N3O2. The van der Waals surface area contributed by atoms with E-state index in [2.05, 4.69) is 10.3 Å². The van der Waals surface area contributed by atoms with Gasteiger partial charge in [-0.15, -0.1) is 0 Å². The molecule has 11 heteroatoms. The molecule has 2 aromatic heterocycles. The molecule has 2 heterocycles. The van der Waals surface area contributed by atoms with Crippen LogP contribution < -0.4 is 10.2 Å². The lowest BCUT2D eigenvalue weighted by Crippen LogP contribution is -2.43. The Hall–Kier alpha value is -2.72. The Labute approximate surface area is 174 Å². The number of hydrogen-bond acceptors (Lipinski definition) is 4. The number of hydrogen-bond donors (Lipinski definition) is 1. The summed E-state index contributed by atoms with van der Waals surface area (Å²) in [5.41, 5.74) is -2.67. The molecule has 0 spiro atoms. The number of carbonyl (C=O) groups excluding carboxylic acids is 1.